The number of phenolic OH excluding ortho intramolecular Hbond substituents is 1. The van der Waals surface area contributed by atoms with Crippen molar-refractivity contribution in [1.82, 2.24) is 5.32 Å². The Morgan fingerprint density at radius 3 is 2.45 bits per heavy atom. The fourth-order valence-corrected chi connectivity index (χ4v) is 1.63. The van der Waals surface area contributed by atoms with Crippen molar-refractivity contribution in [3.8, 4) is 5.75 Å². The monoisotopic (exact) mass is 279 g/mol. The molecule has 0 radical (unpaired) electrons. The van der Waals surface area contributed by atoms with Crippen LogP contribution >= 0.6 is 0 Å². The van der Waals surface area contributed by atoms with E-state index in [1.807, 2.05) is 0 Å². The number of alkyl carbamates (subject to hydrolysis) is 1. The van der Waals surface area contributed by atoms with Gasteiger partial charge in [0.15, 0.2) is 0 Å². The van der Waals surface area contributed by atoms with E-state index in [1.165, 1.54) is 0 Å². The summed E-state index contributed by atoms with van der Waals surface area (Å²) in [6.07, 6.45) is 0.777. The van der Waals surface area contributed by atoms with Crippen LogP contribution in [0.2, 0.25) is 0 Å². The van der Waals surface area contributed by atoms with Crippen molar-refractivity contribution in [3.63, 3.8) is 0 Å². The molecule has 0 saturated heterocycles. The van der Waals surface area contributed by atoms with E-state index >= 15 is 0 Å². The third-order valence-electron chi connectivity index (χ3n) is 2.53. The van der Waals surface area contributed by atoms with E-state index in [2.05, 4.69) is 5.32 Å². The molecule has 1 atom stereocenters. The molecular formula is C15H21NO4. The van der Waals surface area contributed by atoms with Gasteiger partial charge < -0.3 is 20.0 Å². The summed E-state index contributed by atoms with van der Waals surface area (Å²) in [4.78, 5) is 22.5. The smallest absolute Gasteiger partial charge is 0.407 e. The second-order valence-electron chi connectivity index (χ2n) is 5.65. The molecule has 20 heavy (non-hydrogen) atoms. The highest BCUT2D eigenvalue weighted by Gasteiger charge is 2.17. The van der Waals surface area contributed by atoms with Crippen molar-refractivity contribution in [2.75, 3.05) is 6.54 Å². The minimum atomic E-state index is -0.558. The van der Waals surface area contributed by atoms with E-state index in [4.69, 9.17) is 4.74 Å². The van der Waals surface area contributed by atoms with Gasteiger partial charge in [0.05, 0.1) is 0 Å². The van der Waals surface area contributed by atoms with Gasteiger partial charge in [0.25, 0.3) is 0 Å². The number of rotatable bonds is 5. The average molecular weight is 279 g/mol. The topological polar surface area (TPSA) is 75.6 Å². The number of ether oxygens (including phenoxy) is 1. The van der Waals surface area contributed by atoms with Crippen molar-refractivity contribution in [2.45, 2.75) is 32.8 Å². The Morgan fingerprint density at radius 2 is 1.95 bits per heavy atom. The molecule has 0 bridgehead atoms. The number of aldehydes is 1. The summed E-state index contributed by atoms with van der Waals surface area (Å²) in [6, 6.07) is 6.63. The van der Waals surface area contributed by atoms with E-state index in [1.54, 1.807) is 45.0 Å². The molecule has 0 aromatic heterocycles. The van der Waals surface area contributed by atoms with Crippen LogP contribution in [-0.2, 0) is 16.0 Å². The largest absolute Gasteiger partial charge is 0.508 e. The summed E-state index contributed by atoms with van der Waals surface area (Å²) in [6.45, 7) is 5.56. The van der Waals surface area contributed by atoms with Gasteiger partial charge in [-0.05, 0) is 44.9 Å². The molecule has 0 saturated carbocycles. The molecule has 0 heterocycles. The molecule has 1 aromatic carbocycles. The first-order valence-corrected chi connectivity index (χ1v) is 6.50. The number of aromatic hydroxyl groups is 1. The minimum Gasteiger partial charge on any atom is -0.508 e. The van der Waals surface area contributed by atoms with Crippen molar-refractivity contribution in [3.05, 3.63) is 29.8 Å². The molecule has 2 N–H and O–H groups in total. The summed E-state index contributed by atoms with van der Waals surface area (Å²) in [5, 5.41) is 11.8. The Morgan fingerprint density at radius 1 is 1.35 bits per heavy atom. The Hall–Kier alpha value is -2.04. The lowest BCUT2D eigenvalue weighted by atomic mass is 10.0. The van der Waals surface area contributed by atoms with E-state index < -0.39 is 11.7 Å². The molecule has 1 rings (SSSR count). The average Bonchev–Trinajstić information content (AvgIpc) is 2.34. The second kappa shape index (κ2) is 6.93. The van der Waals surface area contributed by atoms with E-state index in [9.17, 15) is 14.7 Å². The number of hydrogen-bond donors (Lipinski definition) is 2. The van der Waals surface area contributed by atoms with Gasteiger partial charge in [0.2, 0.25) is 0 Å². The van der Waals surface area contributed by atoms with Gasteiger partial charge in [-0.3, -0.25) is 0 Å². The third kappa shape index (κ3) is 6.22. The Balaban J connectivity index is 2.45. The maximum absolute atomic E-state index is 11.5. The van der Waals surface area contributed by atoms with Crippen molar-refractivity contribution in [2.24, 2.45) is 5.92 Å². The molecule has 1 unspecified atom stereocenters. The zero-order chi connectivity index (χ0) is 15.2. The summed E-state index contributed by atoms with van der Waals surface area (Å²) < 4.78 is 5.10. The van der Waals surface area contributed by atoms with Gasteiger partial charge in [-0.2, -0.15) is 0 Å². The summed E-state index contributed by atoms with van der Waals surface area (Å²) in [5.74, 6) is -0.143. The lowest BCUT2D eigenvalue weighted by Crippen LogP contribution is -2.36. The molecule has 0 aliphatic carbocycles. The molecule has 0 aliphatic heterocycles. The quantitative estimate of drug-likeness (QED) is 0.811. The van der Waals surface area contributed by atoms with Crippen LogP contribution in [0.1, 0.15) is 26.3 Å². The van der Waals surface area contributed by atoms with Gasteiger partial charge in [-0.1, -0.05) is 12.1 Å². The molecule has 0 spiro atoms. The number of carbonyl (C=O) groups excluding carboxylic acids is 2. The standard InChI is InChI=1S/C15H21NO4/c1-15(2,3)20-14(19)16-9-12(10-17)8-11-4-6-13(18)7-5-11/h4-7,10,12,18H,8-9H2,1-3H3,(H,16,19). The van der Waals surface area contributed by atoms with Crippen LogP contribution in [0.3, 0.4) is 0 Å². The van der Waals surface area contributed by atoms with Crippen LogP contribution in [0.4, 0.5) is 4.79 Å². The van der Waals surface area contributed by atoms with Gasteiger partial charge in [-0.15, -0.1) is 0 Å². The number of carbonyl (C=O) groups is 2. The van der Waals surface area contributed by atoms with Crippen LogP contribution in [0.25, 0.3) is 0 Å². The molecule has 5 nitrogen and oxygen atoms in total. The lowest BCUT2D eigenvalue weighted by Gasteiger charge is -2.20. The Bertz CT molecular complexity index is 448. The molecule has 5 heteroatoms. The zero-order valence-corrected chi connectivity index (χ0v) is 12.1. The highest BCUT2D eigenvalue weighted by Crippen LogP contribution is 2.13. The predicted molar refractivity (Wildman–Crippen MR) is 75.6 cm³/mol. The number of benzene rings is 1. The summed E-state index contributed by atoms with van der Waals surface area (Å²) >= 11 is 0. The fraction of sp³-hybridized carbons (Fsp3) is 0.467. The first-order valence-electron chi connectivity index (χ1n) is 6.50. The van der Waals surface area contributed by atoms with E-state index in [0.29, 0.717) is 6.42 Å². The molecule has 110 valence electrons. The minimum absolute atomic E-state index is 0.184. The zero-order valence-electron chi connectivity index (χ0n) is 12.1. The second-order valence-corrected chi connectivity index (χ2v) is 5.65. The Labute approximate surface area is 118 Å². The highest BCUT2D eigenvalue weighted by atomic mass is 16.6. The van der Waals surface area contributed by atoms with Gasteiger partial charge in [0, 0.05) is 12.5 Å². The van der Waals surface area contributed by atoms with Crippen LogP contribution in [0.5, 0.6) is 5.75 Å². The van der Waals surface area contributed by atoms with Crippen molar-refractivity contribution >= 4 is 12.4 Å². The van der Waals surface area contributed by atoms with Crippen LogP contribution in [0.15, 0.2) is 24.3 Å². The highest BCUT2D eigenvalue weighted by molar-refractivity contribution is 5.68. The van der Waals surface area contributed by atoms with Gasteiger partial charge >= 0.3 is 6.09 Å². The van der Waals surface area contributed by atoms with E-state index in [0.717, 1.165) is 11.8 Å². The lowest BCUT2D eigenvalue weighted by molar-refractivity contribution is -0.110. The van der Waals surface area contributed by atoms with Crippen molar-refractivity contribution in [1.29, 1.82) is 0 Å². The summed E-state index contributed by atoms with van der Waals surface area (Å²) in [7, 11) is 0. The van der Waals surface area contributed by atoms with Crippen LogP contribution in [0, 0.1) is 5.92 Å². The maximum Gasteiger partial charge on any atom is 0.407 e. The van der Waals surface area contributed by atoms with Gasteiger partial charge in [-0.25, -0.2) is 4.79 Å². The maximum atomic E-state index is 11.5. The van der Waals surface area contributed by atoms with Gasteiger partial charge in [0.1, 0.15) is 17.6 Å². The van der Waals surface area contributed by atoms with Crippen LogP contribution in [-0.4, -0.2) is 29.6 Å². The SMILES string of the molecule is CC(C)(C)OC(=O)NCC(C=O)Cc1ccc(O)cc1. The number of hydrogen-bond acceptors (Lipinski definition) is 4. The van der Waals surface area contributed by atoms with Crippen molar-refractivity contribution < 1.29 is 19.4 Å². The van der Waals surface area contributed by atoms with Crippen LogP contribution < -0.4 is 5.32 Å². The van der Waals surface area contributed by atoms with E-state index in [-0.39, 0.29) is 18.2 Å². The molecular weight excluding hydrogens is 258 g/mol. The molecule has 1 aromatic rings. The number of nitrogens with one attached hydrogen (secondary N) is 1. The predicted octanol–water partition coefficient (Wildman–Crippen LogP) is 2.27. The molecule has 1 amide bonds. The Kier molecular flexibility index (Phi) is 5.55. The normalized spacial score (nSPS) is 12.6. The molecule has 0 fully saturated rings. The fourth-order valence-electron chi connectivity index (χ4n) is 1.63. The third-order valence-corrected chi connectivity index (χ3v) is 2.53. The summed E-state index contributed by atoms with van der Waals surface area (Å²) in [5.41, 5.74) is 0.364. The number of phenols is 1. The first-order chi connectivity index (χ1) is 9.30. The first kappa shape index (κ1) is 16.0. The molecule has 0 aliphatic rings. The number of amides is 1.